The number of nitrogens with two attached hydrogens (primary N) is 1. The van der Waals surface area contributed by atoms with E-state index in [2.05, 4.69) is 87.1 Å². The summed E-state index contributed by atoms with van der Waals surface area (Å²) in [6, 6.07) is 26.8. The maximum absolute atomic E-state index is 14.4. The summed E-state index contributed by atoms with van der Waals surface area (Å²) in [5.74, 6) is 3.68. The third-order valence-electron chi connectivity index (χ3n) is 12.2. The number of nitrogen functional groups attached to an aromatic ring is 1. The molecule has 10 heterocycles. The third-order valence-corrected chi connectivity index (χ3v) is 13.1. The molecule has 0 atom stereocenters. The number of hydrogen-bond donors (Lipinski definition) is 4. The van der Waals surface area contributed by atoms with E-state index in [1.807, 2.05) is 19.1 Å². The second-order valence-electron chi connectivity index (χ2n) is 17.6. The van der Waals surface area contributed by atoms with E-state index < -0.39 is 11.6 Å². The van der Waals surface area contributed by atoms with E-state index in [1.54, 1.807) is 109 Å². The van der Waals surface area contributed by atoms with Crippen LogP contribution in [0.2, 0.25) is 15.1 Å². The number of aromatic nitrogens is 15. The maximum Gasteiger partial charge on any atom is 0.150 e. The number of nitrogens with zero attached hydrogens (tertiary/aromatic N) is 17. The van der Waals surface area contributed by atoms with Gasteiger partial charge >= 0.3 is 0 Å². The molecule has 0 bridgehead atoms. The fourth-order valence-corrected chi connectivity index (χ4v) is 9.06. The summed E-state index contributed by atoms with van der Waals surface area (Å²) in [5, 5.41) is 34.8. The molecule has 0 radical (unpaired) electrons. The SMILES string of the molecule is Cc1cc(Nc2cc3c(cn2)cnn3-c2c(F)cccc2Cl)ncn1.Fc1cccc(Cl)c1-n1ncc2cnc(Nc3cc(N4CCOCC4)ncn3)cc21.N#Cc1ccc(Cl)c(-n2ncc3cnc(Nc4cc(N)ncn4)cc32)c1. The van der Waals surface area contributed by atoms with Gasteiger partial charge in [0.1, 0.15) is 88.5 Å². The minimum atomic E-state index is -0.454. The molecule has 3 aromatic carbocycles. The topological polar surface area (TPSA) is 268 Å². The number of morpholine rings is 1. The van der Waals surface area contributed by atoms with Crippen LogP contribution in [0.25, 0.3) is 49.8 Å². The summed E-state index contributed by atoms with van der Waals surface area (Å²) in [4.78, 5) is 40.0. The number of hydrogen-bond acceptors (Lipinski definition) is 19. The fourth-order valence-electron chi connectivity index (χ4n) is 8.38. The van der Waals surface area contributed by atoms with E-state index in [0.29, 0.717) is 81.2 Å². The molecule has 22 nitrogen and oxygen atoms in total. The Morgan fingerprint density at radius 2 is 1.01 bits per heavy atom. The van der Waals surface area contributed by atoms with Gasteiger partial charge in [0.25, 0.3) is 0 Å². The lowest BCUT2D eigenvalue weighted by molar-refractivity contribution is 0.122. The summed E-state index contributed by atoms with van der Waals surface area (Å²) in [6.45, 7) is 4.78. The molecule has 9 aromatic heterocycles. The average Bonchev–Trinajstić information content (AvgIpc) is 4.23. The second-order valence-corrected chi connectivity index (χ2v) is 18.8. The normalized spacial score (nSPS) is 12.1. The zero-order valence-corrected chi connectivity index (χ0v) is 44.4. The van der Waals surface area contributed by atoms with Crippen molar-refractivity contribution in [2.75, 3.05) is 52.9 Å². The van der Waals surface area contributed by atoms with Gasteiger partial charge in [-0.3, -0.25) is 0 Å². The van der Waals surface area contributed by atoms with Gasteiger partial charge < -0.3 is 31.3 Å². The second kappa shape index (κ2) is 23.5. The number of anilines is 8. The smallest absolute Gasteiger partial charge is 0.150 e. The molecule has 0 aliphatic carbocycles. The zero-order chi connectivity index (χ0) is 56.0. The number of pyridine rings is 3. The summed E-state index contributed by atoms with van der Waals surface area (Å²) >= 11 is 18.7. The van der Waals surface area contributed by atoms with Crippen molar-refractivity contribution < 1.29 is 13.5 Å². The number of nitriles is 1. The summed E-state index contributed by atoms with van der Waals surface area (Å²) in [7, 11) is 0. The van der Waals surface area contributed by atoms with Crippen molar-refractivity contribution in [1.82, 2.24) is 74.2 Å². The van der Waals surface area contributed by atoms with E-state index in [-0.39, 0.29) is 21.4 Å². The first kappa shape index (κ1) is 53.0. The number of rotatable bonds is 10. The van der Waals surface area contributed by atoms with Crippen molar-refractivity contribution in [3.05, 3.63) is 185 Å². The van der Waals surface area contributed by atoms with Crippen LogP contribution in [0.4, 0.5) is 55.3 Å². The Kier molecular flexibility index (Phi) is 15.4. The Labute approximate surface area is 472 Å². The van der Waals surface area contributed by atoms with Gasteiger partial charge in [-0.25, -0.2) is 67.7 Å². The Morgan fingerprint density at radius 1 is 0.531 bits per heavy atom. The van der Waals surface area contributed by atoms with E-state index >= 15 is 0 Å². The van der Waals surface area contributed by atoms with Crippen molar-refractivity contribution in [2.24, 2.45) is 0 Å². The molecule has 0 spiro atoms. The van der Waals surface area contributed by atoms with Crippen LogP contribution >= 0.6 is 34.8 Å². The predicted octanol–water partition coefficient (Wildman–Crippen LogP) is 10.7. The van der Waals surface area contributed by atoms with Crippen LogP contribution in [-0.2, 0) is 4.74 Å². The number of nitrogens with one attached hydrogen (secondary N) is 3. The molecule has 1 fully saturated rings. The average molecular weight is 1140 g/mol. The van der Waals surface area contributed by atoms with Gasteiger partial charge in [0, 0.05) is 89.9 Å². The van der Waals surface area contributed by atoms with E-state index in [9.17, 15) is 8.78 Å². The Morgan fingerprint density at radius 3 is 1.53 bits per heavy atom. The Bertz CT molecular complexity index is 4280. The molecule has 402 valence electrons. The minimum absolute atomic E-state index is 0.197. The standard InChI is InChI=1S/C20H17ClFN7O.C17H12ClFN6.C17H11ClN8/c21-14-2-1-3-15(22)20(14)29-16-8-17(23-10-13(16)11-26-29)27-18-9-19(25-12-24-18)28-4-6-30-7-5-28;1-10-5-15(22-9-21-10)24-16-6-14-11(7-20-16)8-23-25(14)17-12(18)3-2-4-13(17)19;18-12-2-1-10(6-19)3-14(12)26-13-4-16(21-7-11(13)8-24-26)25-17-5-15(20)22-9-23-17/h1-3,8-12H,4-7H2,(H,23,24,25,27);2-9H,1H3,(H,20,21,22,24);1-5,7-9H,(H3,20,21,22,23,25). The Balaban J connectivity index is 0.000000128. The molecule has 0 saturated carbocycles. The molecule has 1 saturated heterocycles. The number of halogens is 5. The number of fused-ring (bicyclic) bond motifs is 3. The highest BCUT2D eigenvalue weighted by Gasteiger charge is 2.18. The monoisotopic (exact) mass is 1140 g/mol. The molecule has 5 N–H and O–H groups in total. The maximum atomic E-state index is 14.4. The van der Waals surface area contributed by atoms with Crippen molar-refractivity contribution in [3.8, 4) is 23.1 Å². The van der Waals surface area contributed by atoms with Gasteiger partial charge in [-0.15, -0.1) is 0 Å². The highest BCUT2D eigenvalue weighted by Crippen LogP contribution is 2.31. The molecule has 1 aliphatic rings. The van der Waals surface area contributed by atoms with Gasteiger partial charge in [-0.1, -0.05) is 46.9 Å². The molecule has 0 unspecified atom stereocenters. The largest absolute Gasteiger partial charge is 0.384 e. The lowest BCUT2D eigenvalue weighted by Gasteiger charge is -2.27. The highest BCUT2D eigenvalue weighted by molar-refractivity contribution is 6.33. The summed E-state index contributed by atoms with van der Waals surface area (Å²) in [6.07, 6.45) is 14.3. The van der Waals surface area contributed by atoms with Gasteiger partial charge in [-0.05, 0) is 49.4 Å². The predicted molar refractivity (Wildman–Crippen MR) is 304 cm³/mol. The van der Waals surface area contributed by atoms with Crippen LogP contribution in [0.3, 0.4) is 0 Å². The van der Waals surface area contributed by atoms with Gasteiger partial charge in [0.2, 0.25) is 0 Å². The van der Waals surface area contributed by atoms with Crippen LogP contribution in [0.15, 0.2) is 147 Å². The first-order valence-corrected chi connectivity index (χ1v) is 25.5. The first-order valence-electron chi connectivity index (χ1n) is 24.4. The molecule has 81 heavy (non-hydrogen) atoms. The molecular weight excluding hydrogens is 1100 g/mol. The van der Waals surface area contributed by atoms with Crippen molar-refractivity contribution in [3.63, 3.8) is 0 Å². The highest BCUT2D eigenvalue weighted by atomic mass is 35.5. The van der Waals surface area contributed by atoms with Gasteiger partial charge in [0.15, 0.2) is 0 Å². The lowest BCUT2D eigenvalue weighted by atomic mass is 10.2. The zero-order valence-electron chi connectivity index (χ0n) is 42.2. The number of ether oxygens (including phenoxy) is 1. The van der Waals surface area contributed by atoms with Crippen LogP contribution in [0.1, 0.15) is 11.3 Å². The van der Waals surface area contributed by atoms with Gasteiger partial charge in [-0.2, -0.15) is 20.6 Å². The van der Waals surface area contributed by atoms with Crippen LogP contribution in [-0.4, -0.2) is 101 Å². The van der Waals surface area contributed by atoms with E-state index in [4.69, 9.17) is 50.5 Å². The first-order chi connectivity index (χ1) is 39.4. The summed E-state index contributed by atoms with van der Waals surface area (Å²) in [5.41, 5.74) is 10.1. The van der Waals surface area contributed by atoms with E-state index in [1.165, 1.54) is 40.5 Å². The molecule has 12 aromatic rings. The fraction of sp³-hybridized carbons (Fsp3) is 0.0926. The van der Waals surface area contributed by atoms with Crippen molar-refractivity contribution in [1.29, 1.82) is 5.26 Å². The lowest BCUT2D eigenvalue weighted by Crippen LogP contribution is -2.36. The summed E-state index contributed by atoms with van der Waals surface area (Å²) < 4.78 is 38.6. The van der Waals surface area contributed by atoms with Gasteiger partial charge in [0.05, 0.1) is 80.7 Å². The number of benzene rings is 3. The van der Waals surface area contributed by atoms with Crippen molar-refractivity contribution >= 4 is 114 Å². The van der Waals surface area contributed by atoms with Crippen LogP contribution in [0.5, 0.6) is 0 Å². The minimum Gasteiger partial charge on any atom is -0.384 e. The third kappa shape index (κ3) is 11.9. The number of aryl methyl sites for hydroxylation is 1. The quantitative estimate of drug-likeness (QED) is 0.0991. The molecule has 13 rings (SSSR count). The van der Waals surface area contributed by atoms with Crippen molar-refractivity contribution in [2.45, 2.75) is 6.92 Å². The Hall–Kier alpha value is -10.1. The number of para-hydroxylation sites is 2. The van der Waals surface area contributed by atoms with Crippen LogP contribution < -0.4 is 26.6 Å². The molecule has 0 amide bonds. The molecule has 27 heteroatoms. The van der Waals surface area contributed by atoms with Crippen LogP contribution in [0, 0.1) is 29.9 Å². The molecule has 1 aliphatic heterocycles. The van der Waals surface area contributed by atoms with E-state index in [0.717, 1.165) is 46.3 Å². The molecular formula is C54H40Cl3F2N21O.